The average molecular weight is 195 g/mol. The first-order valence-corrected chi connectivity index (χ1v) is 6.32. The molecule has 0 amide bonds. The van der Waals surface area contributed by atoms with E-state index in [0.29, 0.717) is 5.54 Å². The van der Waals surface area contributed by atoms with Crippen molar-refractivity contribution in [3.63, 3.8) is 0 Å². The number of hydrogen-bond acceptors (Lipinski definition) is 1. The molecule has 1 nitrogen and oxygen atoms in total. The van der Waals surface area contributed by atoms with E-state index >= 15 is 0 Å². The Hall–Kier alpha value is -0.0400. The second-order valence-corrected chi connectivity index (χ2v) is 6.01. The number of rotatable bonds is 2. The topological polar surface area (TPSA) is 3.24 Å². The second-order valence-electron chi connectivity index (χ2n) is 6.01. The fourth-order valence-electron chi connectivity index (χ4n) is 3.26. The Bertz CT molecular complexity index is 203. The molecule has 14 heavy (non-hydrogen) atoms. The molecule has 1 saturated heterocycles. The van der Waals surface area contributed by atoms with E-state index in [0.717, 1.165) is 17.9 Å². The van der Waals surface area contributed by atoms with Crippen molar-refractivity contribution < 1.29 is 0 Å². The maximum Gasteiger partial charge on any atom is 0.0216 e. The van der Waals surface area contributed by atoms with Gasteiger partial charge in [-0.3, -0.25) is 4.90 Å². The minimum absolute atomic E-state index is 0.654. The summed E-state index contributed by atoms with van der Waals surface area (Å²) in [6.07, 6.45) is 5.84. The summed E-state index contributed by atoms with van der Waals surface area (Å²) in [5.74, 6) is 1.88. The zero-order valence-electron chi connectivity index (χ0n) is 10.2. The molecule has 1 spiro atoms. The molecule has 0 N–H and O–H groups in total. The lowest BCUT2D eigenvalue weighted by Crippen LogP contribution is -2.48. The van der Waals surface area contributed by atoms with Gasteiger partial charge in [-0.2, -0.15) is 0 Å². The summed E-state index contributed by atoms with van der Waals surface area (Å²) >= 11 is 0. The van der Waals surface area contributed by atoms with Gasteiger partial charge in [-0.15, -0.1) is 0 Å². The Kier molecular flexibility index (Phi) is 2.63. The molecular weight excluding hydrogens is 170 g/mol. The van der Waals surface area contributed by atoms with Gasteiger partial charge < -0.3 is 0 Å². The van der Waals surface area contributed by atoms with Crippen molar-refractivity contribution in [2.24, 2.45) is 11.8 Å². The molecule has 0 radical (unpaired) electrons. The number of nitrogens with zero attached hydrogens (tertiary/aromatic N) is 1. The fourth-order valence-corrected chi connectivity index (χ4v) is 3.26. The fraction of sp³-hybridized carbons (Fsp3) is 1.00. The molecule has 0 unspecified atom stereocenters. The molecule has 2 rings (SSSR count). The molecular formula is C13H25N. The first kappa shape index (κ1) is 10.5. The smallest absolute Gasteiger partial charge is 0.0216 e. The quantitative estimate of drug-likeness (QED) is 0.653. The zero-order chi connectivity index (χ0) is 10.3. The van der Waals surface area contributed by atoms with Crippen LogP contribution in [0.5, 0.6) is 0 Å². The molecule has 1 aliphatic carbocycles. The van der Waals surface area contributed by atoms with Crippen LogP contribution < -0.4 is 0 Å². The summed E-state index contributed by atoms with van der Waals surface area (Å²) in [6.45, 7) is 10.9. The number of piperidine rings is 1. The van der Waals surface area contributed by atoms with Crippen LogP contribution in [0.3, 0.4) is 0 Å². The average Bonchev–Trinajstić information content (AvgIpc) is 2.84. The van der Waals surface area contributed by atoms with E-state index in [2.05, 4.69) is 32.6 Å². The van der Waals surface area contributed by atoms with E-state index in [9.17, 15) is 0 Å². The van der Waals surface area contributed by atoms with E-state index < -0.39 is 0 Å². The van der Waals surface area contributed by atoms with Crippen LogP contribution in [-0.2, 0) is 0 Å². The van der Waals surface area contributed by atoms with Gasteiger partial charge in [-0.25, -0.2) is 0 Å². The van der Waals surface area contributed by atoms with Crippen molar-refractivity contribution in [1.82, 2.24) is 4.90 Å². The van der Waals surface area contributed by atoms with E-state index in [1.165, 1.54) is 32.2 Å². The number of likely N-dealkylation sites (tertiary alicyclic amines) is 1. The van der Waals surface area contributed by atoms with Gasteiger partial charge in [0.25, 0.3) is 0 Å². The van der Waals surface area contributed by atoms with Crippen LogP contribution in [0.4, 0.5) is 0 Å². The van der Waals surface area contributed by atoms with Crippen molar-refractivity contribution in [3.05, 3.63) is 0 Å². The van der Waals surface area contributed by atoms with Crippen molar-refractivity contribution in [2.45, 2.75) is 65.0 Å². The lowest BCUT2D eigenvalue weighted by atomic mass is 9.81. The van der Waals surface area contributed by atoms with Crippen LogP contribution in [0.15, 0.2) is 0 Å². The van der Waals surface area contributed by atoms with Crippen LogP contribution in [-0.4, -0.2) is 23.0 Å². The van der Waals surface area contributed by atoms with E-state index in [1.54, 1.807) is 0 Å². The highest BCUT2D eigenvalue weighted by atomic mass is 15.3. The number of hydrogen-bond donors (Lipinski definition) is 0. The van der Waals surface area contributed by atoms with Crippen LogP contribution >= 0.6 is 0 Å². The van der Waals surface area contributed by atoms with Crippen LogP contribution in [0.1, 0.15) is 53.4 Å². The van der Waals surface area contributed by atoms with Crippen LogP contribution in [0.25, 0.3) is 0 Å². The van der Waals surface area contributed by atoms with Gasteiger partial charge in [0, 0.05) is 11.6 Å². The van der Waals surface area contributed by atoms with Gasteiger partial charge in [-0.1, -0.05) is 13.8 Å². The minimum Gasteiger partial charge on any atom is -0.295 e. The maximum absolute atomic E-state index is 2.77. The third kappa shape index (κ3) is 1.71. The largest absolute Gasteiger partial charge is 0.295 e. The standard InChI is InChI=1S/C13H25N/c1-10(2)12-5-8-14(11(3)4)13(9-12)6-7-13/h10-12H,5-9H2,1-4H3/t12-/m1/s1. The van der Waals surface area contributed by atoms with Crippen LogP contribution in [0, 0.1) is 11.8 Å². The van der Waals surface area contributed by atoms with Crippen LogP contribution in [0.2, 0.25) is 0 Å². The van der Waals surface area contributed by atoms with Gasteiger partial charge in [0.15, 0.2) is 0 Å². The Morgan fingerprint density at radius 3 is 2.21 bits per heavy atom. The third-order valence-corrected chi connectivity index (χ3v) is 4.39. The first-order chi connectivity index (χ1) is 6.55. The molecule has 82 valence electrons. The molecule has 0 bridgehead atoms. The van der Waals surface area contributed by atoms with Crippen molar-refractivity contribution in [2.75, 3.05) is 6.54 Å². The van der Waals surface area contributed by atoms with Crippen molar-refractivity contribution in [1.29, 1.82) is 0 Å². The van der Waals surface area contributed by atoms with Gasteiger partial charge >= 0.3 is 0 Å². The molecule has 0 aromatic heterocycles. The second kappa shape index (κ2) is 3.52. The molecule has 1 aliphatic heterocycles. The SMILES string of the molecule is CC(C)[C@@H]1CCN(C(C)C)C2(CC2)C1. The summed E-state index contributed by atoms with van der Waals surface area (Å²) in [7, 11) is 0. The molecule has 1 heterocycles. The Labute approximate surface area is 88.9 Å². The van der Waals surface area contributed by atoms with E-state index in [4.69, 9.17) is 0 Å². The Morgan fingerprint density at radius 2 is 1.79 bits per heavy atom. The summed E-state index contributed by atoms with van der Waals surface area (Å²) in [4.78, 5) is 2.77. The lowest BCUT2D eigenvalue weighted by molar-refractivity contribution is 0.0504. The van der Waals surface area contributed by atoms with Crippen molar-refractivity contribution >= 4 is 0 Å². The molecule has 1 heteroatoms. The van der Waals surface area contributed by atoms with Crippen molar-refractivity contribution in [3.8, 4) is 0 Å². The summed E-state index contributed by atoms with van der Waals surface area (Å²) < 4.78 is 0. The predicted molar refractivity (Wildman–Crippen MR) is 61.4 cm³/mol. The first-order valence-electron chi connectivity index (χ1n) is 6.32. The molecule has 0 aromatic carbocycles. The highest BCUT2D eigenvalue weighted by molar-refractivity contribution is 5.08. The van der Waals surface area contributed by atoms with Gasteiger partial charge in [-0.05, 0) is 57.9 Å². The molecule has 2 aliphatic rings. The lowest BCUT2D eigenvalue weighted by Gasteiger charge is -2.44. The summed E-state index contributed by atoms with van der Waals surface area (Å²) in [5, 5.41) is 0. The minimum atomic E-state index is 0.654. The monoisotopic (exact) mass is 195 g/mol. The molecule has 2 fully saturated rings. The molecule has 0 aromatic rings. The maximum atomic E-state index is 2.77. The highest BCUT2D eigenvalue weighted by Gasteiger charge is 2.52. The third-order valence-electron chi connectivity index (χ3n) is 4.39. The molecule has 1 atom stereocenters. The normalized spacial score (nSPS) is 31.7. The molecule has 1 saturated carbocycles. The predicted octanol–water partition coefficient (Wildman–Crippen LogP) is 3.30. The van der Waals surface area contributed by atoms with E-state index in [-0.39, 0.29) is 0 Å². The summed E-state index contributed by atoms with van der Waals surface area (Å²) in [5.41, 5.74) is 0.654. The van der Waals surface area contributed by atoms with Gasteiger partial charge in [0.05, 0.1) is 0 Å². The Balaban J connectivity index is 2.02. The summed E-state index contributed by atoms with van der Waals surface area (Å²) in [6, 6.07) is 0.755. The Morgan fingerprint density at radius 1 is 1.14 bits per heavy atom. The van der Waals surface area contributed by atoms with Gasteiger partial charge in [0.2, 0.25) is 0 Å². The van der Waals surface area contributed by atoms with E-state index in [1.807, 2.05) is 0 Å². The van der Waals surface area contributed by atoms with Gasteiger partial charge in [0.1, 0.15) is 0 Å². The zero-order valence-corrected chi connectivity index (χ0v) is 10.2. The highest BCUT2D eigenvalue weighted by Crippen LogP contribution is 2.51.